The number of carbonyl (C=O) groups is 2. The van der Waals surface area contributed by atoms with Gasteiger partial charge < -0.3 is 11.1 Å². The third kappa shape index (κ3) is 1.79. The van der Waals surface area contributed by atoms with Crippen LogP contribution in [0, 0.1) is 0 Å². The molecule has 1 aromatic carbocycles. The molecular weight excluding hydrogens is 214 g/mol. The van der Waals surface area contributed by atoms with Gasteiger partial charge in [-0.25, -0.2) is 0 Å². The Hall–Kier alpha value is -1.95. The van der Waals surface area contributed by atoms with Crippen molar-refractivity contribution in [3.8, 4) is 0 Å². The molecule has 2 rings (SSSR count). The van der Waals surface area contributed by atoms with Crippen LogP contribution in [0.3, 0.4) is 0 Å². The zero-order chi connectivity index (χ0) is 10.8. The third-order valence-electron chi connectivity index (χ3n) is 1.83. The van der Waals surface area contributed by atoms with Gasteiger partial charge in [-0.1, -0.05) is 12.1 Å². The monoisotopic (exact) mass is 221 g/mol. The van der Waals surface area contributed by atoms with Crippen molar-refractivity contribution < 1.29 is 9.59 Å². The van der Waals surface area contributed by atoms with E-state index in [0.717, 1.165) is 10.1 Å². The number of primary amides is 1. The minimum Gasteiger partial charge on any atom is -0.361 e. The van der Waals surface area contributed by atoms with E-state index in [1.54, 1.807) is 0 Å². The van der Waals surface area contributed by atoms with E-state index in [-0.39, 0.29) is 0 Å². The maximum absolute atomic E-state index is 11.0. The van der Waals surface area contributed by atoms with Crippen LogP contribution in [-0.4, -0.2) is 16.2 Å². The number of aromatic nitrogens is 1. The number of hydrogen-bond donors (Lipinski definition) is 2. The van der Waals surface area contributed by atoms with Crippen molar-refractivity contribution in [1.82, 2.24) is 4.37 Å². The topological polar surface area (TPSA) is 85.1 Å². The average Bonchev–Trinajstić information content (AvgIpc) is 2.62. The van der Waals surface area contributed by atoms with Gasteiger partial charge in [0.05, 0.1) is 4.70 Å². The summed E-state index contributed by atoms with van der Waals surface area (Å²) in [5.41, 5.74) is 4.82. The molecule has 0 aliphatic carbocycles. The fraction of sp³-hybridized carbons (Fsp3) is 0. The standard InChI is InChI=1S/C9H7N3O2S/c10-7(13)9(14)11-8-5-3-1-2-4-6(5)15-12-8/h1-4H,(H2,10,13)(H,11,12,14). The van der Waals surface area contributed by atoms with E-state index in [1.807, 2.05) is 24.3 Å². The van der Waals surface area contributed by atoms with Gasteiger partial charge in [0.1, 0.15) is 0 Å². The van der Waals surface area contributed by atoms with Crippen molar-refractivity contribution in [2.24, 2.45) is 5.73 Å². The van der Waals surface area contributed by atoms with Gasteiger partial charge in [0.2, 0.25) is 0 Å². The number of rotatable bonds is 1. The first kappa shape index (κ1) is 9.60. The molecule has 15 heavy (non-hydrogen) atoms. The molecule has 0 spiro atoms. The second kappa shape index (κ2) is 3.66. The maximum atomic E-state index is 11.0. The first-order valence-corrected chi connectivity index (χ1v) is 4.91. The molecule has 0 bridgehead atoms. The highest BCUT2D eigenvalue weighted by atomic mass is 32.1. The molecule has 6 heteroatoms. The van der Waals surface area contributed by atoms with Crippen molar-refractivity contribution >= 4 is 39.3 Å². The first-order valence-electron chi connectivity index (χ1n) is 4.13. The molecule has 3 N–H and O–H groups in total. The van der Waals surface area contributed by atoms with Crippen molar-refractivity contribution in [3.05, 3.63) is 24.3 Å². The molecule has 5 nitrogen and oxygen atoms in total. The number of nitrogens with two attached hydrogens (primary N) is 1. The largest absolute Gasteiger partial charge is 0.361 e. The van der Waals surface area contributed by atoms with Crippen LogP contribution in [0.1, 0.15) is 0 Å². The highest BCUT2D eigenvalue weighted by Gasteiger charge is 2.12. The Labute approximate surface area is 89.1 Å². The van der Waals surface area contributed by atoms with Gasteiger partial charge in [0, 0.05) is 5.39 Å². The predicted molar refractivity (Wildman–Crippen MR) is 57.4 cm³/mol. The van der Waals surface area contributed by atoms with Crippen LogP contribution in [0.4, 0.5) is 5.82 Å². The number of benzene rings is 1. The van der Waals surface area contributed by atoms with Gasteiger partial charge >= 0.3 is 11.8 Å². The molecule has 0 unspecified atom stereocenters. The highest BCUT2D eigenvalue weighted by molar-refractivity contribution is 7.13. The molecule has 2 aromatic rings. The summed E-state index contributed by atoms with van der Waals surface area (Å²) in [6, 6.07) is 7.40. The maximum Gasteiger partial charge on any atom is 0.314 e. The number of fused-ring (bicyclic) bond motifs is 1. The minimum absolute atomic E-state index is 0.374. The molecule has 2 amide bonds. The number of anilines is 1. The lowest BCUT2D eigenvalue weighted by molar-refractivity contribution is -0.134. The lowest BCUT2D eigenvalue weighted by Crippen LogP contribution is -2.29. The van der Waals surface area contributed by atoms with Gasteiger partial charge in [-0.15, -0.1) is 0 Å². The summed E-state index contributed by atoms with van der Waals surface area (Å²) in [5, 5.41) is 3.15. The molecule has 0 saturated carbocycles. The van der Waals surface area contributed by atoms with E-state index in [0.29, 0.717) is 5.82 Å². The molecule has 0 aliphatic heterocycles. The second-order valence-corrected chi connectivity index (χ2v) is 3.65. The fourth-order valence-electron chi connectivity index (χ4n) is 1.15. The number of nitrogens with zero attached hydrogens (tertiary/aromatic N) is 1. The molecular formula is C9H7N3O2S. The Bertz CT molecular complexity index is 535. The van der Waals surface area contributed by atoms with Gasteiger partial charge in [-0.3, -0.25) is 9.59 Å². The lowest BCUT2D eigenvalue weighted by atomic mass is 10.2. The average molecular weight is 221 g/mol. The van der Waals surface area contributed by atoms with Crippen LogP contribution in [0.25, 0.3) is 10.1 Å². The Morgan fingerprint density at radius 1 is 1.33 bits per heavy atom. The minimum atomic E-state index is -1.02. The quantitative estimate of drug-likeness (QED) is 0.696. The number of nitrogens with one attached hydrogen (secondary N) is 1. The smallest absolute Gasteiger partial charge is 0.314 e. The number of hydrogen-bond acceptors (Lipinski definition) is 4. The van der Waals surface area contributed by atoms with Crippen LogP contribution in [-0.2, 0) is 9.59 Å². The van der Waals surface area contributed by atoms with E-state index >= 15 is 0 Å². The van der Waals surface area contributed by atoms with Crippen LogP contribution in [0.5, 0.6) is 0 Å². The van der Waals surface area contributed by atoms with Crippen molar-refractivity contribution in [2.75, 3.05) is 5.32 Å². The number of carbonyl (C=O) groups excluding carboxylic acids is 2. The predicted octanol–water partition coefficient (Wildman–Crippen LogP) is 0.720. The van der Waals surface area contributed by atoms with Crippen molar-refractivity contribution in [3.63, 3.8) is 0 Å². The summed E-state index contributed by atoms with van der Waals surface area (Å²) in [6.45, 7) is 0. The second-order valence-electron chi connectivity index (χ2n) is 2.85. The van der Waals surface area contributed by atoms with E-state index in [4.69, 9.17) is 5.73 Å². The summed E-state index contributed by atoms with van der Waals surface area (Å²) in [5.74, 6) is -1.50. The zero-order valence-corrected chi connectivity index (χ0v) is 8.38. The van der Waals surface area contributed by atoms with E-state index in [1.165, 1.54) is 11.5 Å². The van der Waals surface area contributed by atoms with Crippen LogP contribution in [0.2, 0.25) is 0 Å². The highest BCUT2D eigenvalue weighted by Crippen LogP contribution is 2.25. The molecule has 0 atom stereocenters. The Morgan fingerprint density at radius 2 is 2.07 bits per heavy atom. The van der Waals surface area contributed by atoms with Crippen molar-refractivity contribution in [1.29, 1.82) is 0 Å². The van der Waals surface area contributed by atoms with E-state index in [9.17, 15) is 9.59 Å². The van der Waals surface area contributed by atoms with Gasteiger partial charge in [-0.05, 0) is 23.7 Å². The SMILES string of the molecule is NC(=O)C(=O)Nc1nsc2ccccc12. The molecule has 0 saturated heterocycles. The lowest BCUT2D eigenvalue weighted by Gasteiger charge is -1.97. The van der Waals surface area contributed by atoms with Crippen molar-refractivity contribution in [2.45, 2.75) is 0 Å². The molecule has 1 aromatic heterocycles. The number of amides is 2. The van der Waals surface area contributed by atoms with E-state index in [2.05, 4.69) is 9.69 Å². The zero-order valence-electron chi connectivity index (χ0n) is 7.56. The first-order chi connectivity index (χ1) is 7.18. The normalized spacial score (nSPS) is 10.1. The summed E-state index contributed by atoms with van der Waals surface area (Å²) in [6.07, 6.45) is 0. The molecule has 1 heterocycles. The van der Waals surface area contributed by atoms with Crippen LogP contribution < -0.4 is 11.1 Å². The van der Waals surface area contributed by atoms with Gasteiger partial charge in [0.15, 0.2) is 5.82 Å². The van der Waals surface area contributed by atoms with Gasteiger partial charge in [0.25, 0.3) is 0 Å². The Balaban J connectivity index is 2.37. The third-order valence-corrected chi connectivity index (χ3v) is 2.66. The molecule has 0 aliphatic rings. The van der Waals surface area contributed by atoms with E-state index < -0.39 is 11.8 Å². The molecule has 0 fully saturated rings. The molecule has 0 radical (unpaired) electrons. The Kier molecular flexibility index (Phi) is 2.34. The summed E-state index contributed by atoms with van der Waals surface area (Å²) in [4.78, 5) is 21.6. The van der Waals surface area contributed by atoms with Gasteiger partial charge in [-0.2, -0.15) is 4.37 Å². The summed E-state index contributed by atoms with van der Waals surface area (Å²) < 4.78 is 4.96. The Morgan fingerprint density at radius 3 is 2.80 bits per heavy atom. The summed E-state index contributed by atoms with van der Waals surface area (Å²) in [7, 11) is 0. The summed E-state index contributed by atoms with van der Waals surface area (Å²) >= 11 is 1.25. The van der Waals surface area contributed by atoms with Crippen LogP contribution in [0.15, 0.2) is 24.3 Å². The molecule has 76 valence electrons. The van der Waals surface area contributed by atoms with Crippen LogP contribution >= 0.6 is 11.5 Å². The fourth-order valence-corrected chi connectivity index (χ4v) is 1.88.